The highest BCUT2D eigenvalue weighted by Crippen LogP contribution is 2.23. The van der Waals surface area contributed by atoms with Crippen molar-refractivity contribution < 1.29 is 19.1 Å². The van der Waals surface area contributed by atoms with Crippen molar-refractivity contribution in [1.29, 1.82) is 0 Å². The van der Waals surface area contributed by atoms with E-state index in [1.54, 1.807) is 0 Å². The van der Waals surface area contributed by atoms with Crippen LogP contribution >= 0.6 is 0 Å². The monoisotopic (exact) mass is 241 g/mol. The molecule has 0 aromatic carbocycles. The molecule has 1 unspecified atom stereocenters. The average molecular weight is 241 g/mol. The number of esters is 2. The Morgan fingerprint density at radius 2 is 2.35 bits per heavy atom. The van der Waals surface area contributed by atoms with Crippen molar-refractivity contribution in [1.82, 2.24) is 4.90 Å². The van der Waals surface area contributed by atoms with Gasteiger partial charge in [-0.1, -0.05) is 0 Å². The van der Waals surface area contributed by atoms with E-state index in [0.29, 0.717) is 19.8 Å². The molecule has 2 heterocycles. The highest BCUT2D eigenvalue weighted by molar-refractivity contribution is 5.78. The van der Waals surface area contributed by atoms with Gasteiger partial charge in [-0.15, -0.1) is 0 Å². The molecule has 17 heavy (non-hydrogen) atoms. The molecule has 0 aliphatic carbocycles. The van der Waals surface area contributed by atoms with Crippen LogP contribution in [0.3, 0.4) is 0 Å². The van der Waals surface area contributed by atoms with Crippen molar-refractivity contribution in [3.8, 4) is 0 Å². The Bertz CT molecular complexity index is 305. The summed E-state index contributed by atoms with van der Waals surface area (Å²) < 4.78 is 10.0. The van der Waals surface area contributed by atoms with Crippen molar-refractivity contribution in [3.05, 3.63) is 0 Å². The van der Waals surface area contributed by atoms with E-state index in [2.05, 4.69) is 4.90 Å². The van der Waals surface area contributed by atoms with Crippen LogP contribution in [0.5, 0.6) is 0 Å². The number of likely N-dealkylation sites (tertiary alicyclic amines) is 1. The van der Waals surface area contributed by atoms with E-state index in [1.807, 2.05) is 6.92 Å². The van der Waals surface area contributed by atoms with E-state index in [9.17, 15) is 9.59 Å². The zero-order chi connectivity index (χ0) is 12.3. The first-order valence-electron chi connectivity index (χ1n) is 6.29. The van der Waals surface area contributed by atoms with E-state index in [-0.39, 0.29) is 23.9 Å². The molecule has 2 aliphatic heterocycles. The molecular formula is C12H19NO4. The maximum absolute atomic E-state index is 11.7. The highest BCUT2D eigenvalue weighted by atomic mass is 16.5. The van der Waals surface area contributed by atoms with Crippen LogP contribution in [0.15, 0.2) is 0 Å². The van der Waals surface area contributed by atoms with E-state index in [1.165, 1.54) is 0 Å². The highest BCUT2D eigenvalue weighted by Gasteiger charge is 2.37. The van der Waals surface area contributed by atoms with Crippen molar-refractivity contribution in [2.45, 2.75) is 32.2 Å². The van der Waals surface area contributed by atoms with Crippen LogP contribution in [-0.4, -0.2) is 49.2 Å². The number of hydrogen-bond acceptors (Lipinski definition) is 5. The van der Waals surface area contributed by atoms with Crippen LogP contribution in [0.2, 0.25) is 0 Å². The Morgan fingerprint density at radius 3 is 3.00 bits per heavy atom. The molecule has 2 rings (SSSR count). The summed E-state index contributed by atoms with van der Waals surface area (Å²) in [4.78, 5) is 25.2. The maximum Gasteiger partial charge on any atom is 0.323 e. The van der Waals surface area contributed by atoms with Crippen LogP contribution in [0.25, 0.3) is 0 Å². The standard InChI is InChI=1S/C12H19NO4/c1-2-16-11(14)9-4-3-6-13(8-9)10-5-7-17-12(10)15/h9-10H,2-8H2,1H3/t9-,10?/m0/s1. The number of cyclic esters (lactones) is 1. The molecule has 2 fully saturated rings. The summed E-state index contributed by atoms with van der Waals surface area (Å²) in [6.45, 7) is 4.23. The predicted molar refractivity (Wildman–Crippen MR) is 60.3 cm³/mol. The molecular weight excluding hydrogens is 222 g/mol. The van der Waals surface area contributed by atoms with Crippen molar-refractivity contribution in [3.63, 3.8) is 0 Å². The van der Waals surface area contributed by atoms with Gasteiger partial charge in [-0.05, 0) is 26.3 Å². The van der Waals surface area contributed by atoms with Gasteiger partial charge in [-0.25, -0.2) is 0 Å². The third-order valence-electron chi connectivity index (χ3n) is 3.42. The van der Waals surface area contributed by atoms with E-state index >= 15 is 0 Å². The molecule has 0 radical (unpaired) electrons. The zero-order valence-electron chi connectivity index (χ0n) is 10.2. The van der Waals surface area contributed by atoms with Gasteiger partial charge in [0, 0.05) is 13.0 Å². The SMILES string of the molecule is CCOC(=O)[C@H]1CCCN(C2CCOC2=O)C1. The number of carbonyl (C=O) groups excluding carboxylic acids is 2. The second-order valence-electron chi connectivity index (χ2n) is 4.56. The van der Waals surface area contributed by atoms with Crippen LogP contribution in [0.1, 0.15) is 26.2 Å². The number of nitrogens with zero attached hydrogens (tertiary/aromatic N) is 1. The summed E-state index contributed by atoms with van der Waals surface area (Å²) in [5, 5.41) is 0. The van der Waals surface area contributed by atoms with Crippen molar-refractivity contribution in [2.24, 2.45) is 5.92 Å². The summed E-state index contributed by atoms with van der Waals surface area (Å²) in [7, 11) is 0. The molecule has 2 aliphatic rings. The summed E-state index contributed by atoms with van der Waals surface area (Å²) in [6.07, 6.45) is 2.54. The van der Waals surface area contributed by atoms with Crippen molar-refractivity contribution in [2.75, 3.05) is 26.3 Å². The van der Waals surface area contributed by atoms with Crippen LogP contribution in [-0.2, 0) is 19.1 Å². The Kier molecular flexibility index (Phi) is 3.99. The summed E-state index contributed by atoms with van der Waals surface area (Å²) in [5.41, 5.74) is 0. The van der Waals surface area contributed by atoms with Gasteiger partial charge < -0.3 is 9.47 Å². The Morgan fingerprint density at radius 1 is 1.53 bits per heavy atom. The molecule has 5 nitrogen and oxygen atoms in total. The molecule has 96 valence electrons. The molecule has 0 aromatic rings. The summed E-state index contributed by atoms with van der Waals surface area (Å²) in [5.74, 6) is -0.366. The van der Waals surface area contributed by atoms with Gasteiger partial charge in [0.2, 0.25) is 0 Å². The fraction of sp³-hybridized carbons (Fsp3) is 0.833. The van der Waals surface area contributed by atoms with E-state index in [4.69, 9.17) is 9.47 Å². The van der Waals surface area contributed by atoms with E-state index < -0.39 is 0 Å². The van der Waals surface area contributed by atoms with Crippen LogP contribution in [0.4, 0.5) is 0 Å². The van der Waals surface area contributed by atoms with Crippen LogP contribution in [0, 0.1) is 5.92 Å². The molecule has 0 spiro atoms. The first-order chi connectivity index (χ1) is 8.22. The fourth-order valence-corrected chi connectivity index (χ4v) is 2.56. The first-order valence-corrected chi connectivity index (χ1v) is 6.29. The lowest BCUT2D eigenvalue weighted by Crippen LogP contribution is -2.46. The minimum atomic E-state index is -0.146. The van der Waals surface area contributed by atoms with Crippen molar-refractivity contribution >= 4 is 11.9 Å². The molecule has 0 bridgehead atoms. The third kappa shape index (κ3) is 2.77. The number of rotatable bonds is 3. The third-order valence-corrected chi connectivity index (χ3v) is 3.42. The Labute approximate surface area is 101 Å². The first kappa shape index (κ1) is 12.4. The Hall–Kier alpha value is -1.10. The van der Waals surface area contributed by atoms with E-state index in [0.717, 1.165) is 25.8 Å². The number of carbonyl (C=O) groups is 2. The lowest BCUT2D eigenvalue weighted by atomic mass is 9.96. The smallest absolute Gasteiger partial charge is 0.323 e. The summed E-state index contributed by atoms with van der Waals surface area (Å²) in [6, 6.07) is -0.146. The molecule has 2 saturated heterocycles. The second kappa shape index (κ2) is 5.49. The summed E-state index contributed by atoms with van der Waals surface area (Å²) >= 11 is 0. The zero-order valence-corrected chi connectivity index (χ0v) is 10.2. The van der Waals surface area contributed by atoms with Gasteiger partial charge in [0.1, 0.15) is 6.04 Å². The quantitative estimate of drug-likeness (QED) is 0.676. The fourth-order valence-electron chi connectivity index (χ4n) is 2.56. The predicted octanol–water partition coefficient (Wildman–Crippen LogP) is 0.577. The molecule has 5 heteroatoms. The number of hydrogen-bond donors (Lipinski definition) is 0. The minimum Gasteiger partial charge on any atom is -0.466 e. The molecule has 0 amide bonds. The lowest BCUT2D eigenvalue weighted by molar-refractivity contribution is -0.152. The van der Waals surface area contributed by atoms with Gasteiger partial charge >= 0.3 is 11.9 Å². The minimum absolute atomic E-state index is 0.0860. The van der Waals surface area contributed by atoms with Gasteiger partial charge in [-0.2, -0.15) is 0 Å². The van der Waals surface area contributed by atoms with Crippen LogP contribution < -0.4 is 0 Å². The van der Waals surface area contributed by atoms with Gasteiger partial charge in [0.05, 0.1) is 19.1 Å². The molecule has 2 atom stereocenters. The topological polar surface area (TPSA) is 55.8 Å². The molecule has 0 aromatic heterocycles. The maximum atomic E-state index is 11.7. The number of piperidine rings is 1. The van der Waals surface area contributed by atoms with Gasteiger partial charge in [0.15, 0.2) is 0 Å². The average Bonchev–Trinajstić information content (AvgIpc) is 2.76. The Balaban J connectivity index is 1.92. The molecule has 0 saturated carbocycles. The van der Waals surface area contributed by atoms with Gasteiger partial charge in [0.25, 0.3) is 0 Å². The molecule has 0 N–H and O–H groups in total. The lowest BCUT2D eigenvalue weighted by Gasteiger charge is -2.33. The second-order valence-corrected chi connectivity index (χ2v) is 4.56. The largest absolute Gasteiger partial charge is 0.466 e. The van der Waals surface area contributed by atoms with Gasteiger partial charge in [-0.3, -0.25) is 14.5 Å². The normalized spacial score (nSPS) is 30.1. The number of ether oxygens (including phenoxy) is 2.